The zero-order valence-electron chi connectivity index (χ0n) is 11.9. The number of hydrogen-bond donors (Lipinski definition) is 1. The molecule has 6 heteroatoms. The molecule has 114 valence electrons. The first-order valence-electron chi connectivity index (χ1n) is 7.40. The lowest BCUT2D eigenvalue weighted by atomic mass is 10.0. The Morgan fingerprint density at radius 3 is 2.82 bits per heavy atom. The van der Waals surface area contributed by atoms with Gasteiger partial charge < -0.3 is 10.2 Å². The van der Waals surface area contributed by atoms with Gasteiger partial charge in [-0.3, -0.25) is 9.59 Å². The number of carbonyl (C=O) groups is 2. The molecule has 0 spiro atoms. The summed E-state index contributed by atoms with van der Waals surface area (Å²) in [6.07, 6.45) is 1.99. The van der Waals surface area contributed by atoms with Crippen molar-refractivity contribution in [3.05, 3.63) is 44.8 Å². The van der Waals surface area contributed by atoms with Crippen molar-refractivity contribution >= 4 is 34.5 Å². The molecule has 2 bridgehead atoms. The van der Waals surface area contributed by atoms with Gasteiger partial charge >= 0.3 is 0 Å². The second-order valence-electron chi connectivity index (χ2n) is 5.93. The Bertz CT molecular complexity index is 679. The molecule has 2 aromatic rings. The van der Waals surface area contributed by atoms with E-state index in [0.717, 1.165) is 29.8 Å². The Kier molecular flexibility index (Phi) is 3.50. The quantitative estimate of drug-likeness (QED) is 0.939. The summed E-state index contributed by atoms with van der Waals surface area (Å²) in [5.41, 5.74) is 0.765. The van der Waals surface area contributed by atoms with Crippen molar-refractivity contribution in [1.29, 1.82) is 0 Å². The monoisotopic (exact) mass is 332 g/mol. The topological polar surface area (TPSA) is 49.4 Å². The van der Waals surface area contributed by atoms with Gasteiger partial charge in [-0.05, 0) is 41.7 Å². The molecular formula is C16H16N2O2S2. The van der Waals surface area contributed by atoms with E-state index in [4.69, 9.17) is 0 Å². The molecule has 1 saturated carbocycles. The van der Waals surface area contributed by atoms with E-state index in [2.05, 4.69) is 5.32 Å². The molecule has 4 rings (SSSR count). The van der Waals surface area contributed by atoms with E-state index in [1.54, 1.807) is 11.3 Å². The third-order valence-corrected chi connectivity index (χ3v) is 6.12. The number of hydrogen-bond acceptors (Lipinski definition) is 4. The number of likely N-dealkylation sites (tertiary alicyclic amines) is 1. The van der Waals surface area contributed by atoms with Crippen LogP contribution >= 0.6 is 22.7 Å². The van der Waals surface area contributed by atoms with E-state index < -0.39 is 0 Å². The van der Waals surface area contributed by atoms with Crippen molar-refractivity contribution in [3.63, 3.8) is 0 Å². The summed E-state index contributed by atoms with van der Waals surface area (Å²) in [5.74, 6) is 0.598. The minimum Gasteiger partial charge on any atom is -0.347 e. The lowest BCUT2D eigenvalue weighted by Gasteiger charge is -2.33. The molecule has 22 heavy (non-hydrogen) atoms. The number of carbonyl (C=O) groups excluding carboxylic acids is 2. The standard InChI is InChI=1S/C16H16N2O2S2/c19-15(14-2-1-4-22-14)17-12-6-10-7-13(12)18(8-10)16(20)11-3-5-21-9-11/h1-5,9-10,12-13H,6-8H2,(H,17,19). The van der Waals surface area contributed by atoms with Gasteiger partial charge in [0.2, 0.25) is 0 Å². The van der Waals surface area contributed by atoms with Gasteiger partial charge in [-0.15, -0.1) is 11.3 Å². The van der Waals surface area contributed by atoms with Gasteiger partial charge in [-0.1, -0.05) is 6.07 Å². The van der Waals surface area contributed by atoms with Crippen LogP contribution in [0.15, 0.2) is 34.3 Å². The summed E-state index contributed by atoms with van der Waals surface area (Å²) >= 11 is 2.99. The average molecular weight is 332 g/mol. The Labute approximate surface area is 136 Å². The minimum absolute atomic E-state index is 0.0181. The van der Waals surface area contributed by atoms with Crippen LogP contribution < -0.4 is 5.32 Å². The highest BCUT2D eigenvalue weighted by molar-refractivity contribution is 7.12. The first-order chi connectivity index (χ1) is 10.7. The molecule has 2 fully saturated rings. The van der Waals surface area contributed by atoms with Gasteiger partial charge in [0.25, 0.3) is 11.8 Å². The fourth-order valence-electron chi connectivity index (χ4n) is 3.61. The maximum atomic E-state index is 12.6. The van der Waals surface area contributed by atoms with Crippen LogP contribution in [0.3, 0.4) is 0 Å². The first kappa shape index (κ1) is 14.0. The van der Waals surface area contributed by atoms with Crippen LogP contribution in [0.1, 0.15) is 32.9 Å². The van der Waals surface area contributed by atoms with E-state index in [1.807, 2.05) is 39.2 Å². The molecule has 3 heterocycles. The molecule has 2 amide bonds. The van der Waals surface area contributed by atoms with Crippen LogP contribution in [0.4, 0.5) is 0 Å². The number of piperidine rings is 1. The molecule has 1 aliphatic heterocycles. The van der Waals surface area contributed by atoms with Crippen LogP contribution in [-0.2, 0) is 0 Å². The summed E-state index contributed by atoms with van der Waals surface area (Å²) in [6, 6.07) is 5.81. The highest BCUT2D eigenvalue weighted by Crippen LogP contribution is 2.38. The number of fused-ring (bicyclic) bond motifs is 2. The molecule has 1 N–H and O–H groups in total. The second kappa shape index (κ2) is 5.52. The highest BCUT2D eigenvalue weighted by Gasteiger charge is 2.47. The predicted octanol–water partition coefficient (Wildman–Crippen LogP) is 2.84. The van der Waals surface area contributed by atoms with Crippen LogP contribution in [0.2, 0.25) is 0 Å². The molecule has 0 radical (unpaired) electrons. The predicted molar refractivity (Wildman–Crippen MR) is 87.4 cm³/mol. The van der Waals surface area contributed by atoms with Gasteiger partial charge in [0.15, 0.2) is 0 Å². The second-order valence-corrected chi connectivity index (χ2v) is 7.66. The molecular weight excluding hydrogens is 316 g/mol. The van der Waals surface area contributed by atoms with Crippen LogP contribution in [0.25, 0.3) is 0 Å². The van der Waals surface area contributed by atoms with Gasteiger partial charge in [0, 0.05) is 18.0 Å². The fraction of sp³-hybridized carbons (Fsp3) is 0.375. The molecule has 1 saturated heterocycles. The number of rotatable bonds is 3. The van der Waals surface area contributed by atoms with Gasteiger partial charge in [0.1, 0.15) is 0 Å². The summed E-state index contributed by atoms with van der Waals surface area (Å²) in [5, 5.41) is 8.85. The summed E-state index contributed by atoms with van der Waals surface area (Å²) < 4.78 is 0. The van der Waals surface area contributed by atoms with Gasteiger partial charge in [-0.2, -0.15) is 11.3 Å². The van der Waals surface area contributed by atoms with E-state index in [9.17, 15) is 9.59 Å². The number of nitrogens with one attached hydrogen (secondary N) is 1. The molecule has 0 aromatic carbocycles. The smallest absolute Gasteiger partial charge is 0.261 e. The molecule has 2 aromatic heterocycles. The lowest BCUT2D eigenvalue weighted by molar-refractivity contribution is 0.0649. The maximum Gasteiger partial charge on any atom is 0.261 e. The normalized spacial score (nSPS) is 26.4. The Morgan fingerprint density at radius 1 is 1.23 bits per heavy atom. The molecule has 3 unspecified atom stereocenters. The fourth-order valence-corrected chi connectivity index (χ4v) is 4.87. The number of nitrogens with zero attached hydrogens (tertiary/aromatic N) is 1. The maximum absolute atomic E-state index is 12.6. The van der Waals surface area contributed by atoms with Crippen LogP contribution in [0.5, 0.6) is 0 Å². The van der Waals surface area contributed by atoms with Gasteiger partial charge in [-0.25, -0.2) is 0 Å². The van der Waals surface area contributed by atoms with E-state index in [1.165, 1.54) is 11.3 Å². The molecule has 3 atom stereocenters. The van der Waals surface area contributed by atoms with Crippen molar-refractivity contribution in [1.82, 2.24) is 10.2 Å². The molecule has 1 aliphatic carbocycles. The van der Waals surface area contributed by atoms with E-state index in [-0.39, 0.29) is 23.9 Å². The number of amides is 2. The Hall–Kier alpha value is -1.66. The van der Waals surface area contributed by atoms with Crippen molar-refractivity contribution < 1.29 is 9.59 Å². The van der Waals surface area contributed by atoms with Crippen LogP contribution in [0, 0.1) is 5.92 Å². The Morgan fingerprint density at radius 2 is 2.14 bits per heavy atom. The average Bonchev–Trinajstić information content (AvgIpc) is 3.28. The Balaban J connectivity index is 1.47. The lowest BCUT2D eigenvalue weighted by Crippen LogP contribution is -2.51. The number of thiophene rings is 2. The zero-order valence-corrected chi connectivity index (χ0v) is 13.5. The van der Waals surface area contributed by atoms with Gasteiger partial charge in [0.05, 0.1) is 16.5 Å². The third kappa shape index (κ3) is 2.36. The van der Waals surface area contributed by atoms with E-state index >= 15 is 0 Å². The van der Waals surface area contributed by atoms with Crippen LogP contribution in [-0.4, -0.2) is 35.3 Å². The van der Waals surface area contributed by atoms with Crippen molar-refractivity contribution in [2.24, 2.45) is 5.92 Å². The van der Waals surface area contributed by atoms with E-state index in [0.29, 0.717) is 5.92 Å². The SMILES string of the molecule is O=C(NC1CC2CC1N(C(=O)c1ccsc1)C2)c1cccs1. The summed E-state index contributed by atoms with van der Waals surface area (Å²) in [4.78, 5) is 27.5. The highest BCUT2D eigenvalue weighted by atomic mass is 32.1. The van der Waals surface area contributed by atoms with Crippen molar-refractivity contribution in [3.8, 4) is 0 Å². The first-order valence-corrected chi connectivity index (χ1v) is 9.22. The zero-order chi connectivity index (χ0) is 15.1. The summed E-state index contributed by atoms with van der Waals surface area (Å²) in [6.45, 7) is 0.824. The third-order valence-electron chi connectivity index (χ3n) is 4.57. The minimum atomic E-state index is -0.0181. The molecule has 4 nitrogen and oxygen atoms in total. The summed E-state index contributed by atoms with van der Waals surface area (Å²) in [7, 11) is 0. The molecule has 2 aliphatic rings. The largest absolute Gasteiger partial charge is 0.347 e. The van der Waals surface area contributed by atoms with Crippen molar-refractivity contribution in [2.45, 2.75) is 24.9 Å². The van der Waals surface area contributed by atoms with Crippen molar-refractivity contribution in [2.75, 3.05) is 6.54 Å².